The summed E-state index contributed by atoms with van der Waals surface area (Å²) < 4.78 is 5.25. The van der Waals surface area contributed by atoms with E-state index in [-0.39, 0.29) is 23.5 Å². The van der Waals surface area contributed by atoms with Crippen molar-refractivity contribution in [2.75, 3.05) is 0 Å². The van der Waals surface area contributed by atoms with Crippen LogP contribution in [-0.2, 0) is 11.2 Å². The molecule has 116 valence electrons. The van der Waals surface area contributed by atoms with Gasteiger partial charge in [-0.25, -0.2) is 0 Å². The number of non-ortho nitro benzene ring substituents is 1. The Labute approximate surface area is 132 Å². The van der Waals surface area contributed by atoms with Crippen LogP contribution >= 0.6 is 11.3 Å². The van der Waals surface area contributed by atoms with E-state index in [0.29, 0.717) is 5.75 Å². The van der Waals surface area contributed by atoms with Crippen LogP contribution in [0.25, 0.3) is 0 Å². The third kappa shape index (κ3) is 4.66. The molecule has 0 unspecified atom stereocenters. The van der Waals surface area contributed by atoms with E-state index >= 15 is 0 Å². The van der Waals surface area contributed by atoms with Gasteiger partial charge in [0.1, 0.15) is 5.75 Å². The van der Waals surface area contributed by atoms with Gasteiger partial charge in [-0.1, -0.05) is 13.8 Å². The lowest BCUT2D eigenvalue weighted by atomic mass is 9.83. The zero-order valence-corrected chi connectivity index (χ0v) is 13.3. The van der Waals surface area contributed by atoms with Crippen LogP contribution in [0.4, 0.5) is 5.69 Å². The van der Waals surface area contributed by atoms with Gasteiger partial charge in [0.05, 0.1) is 11.3 Å². The number of carbonyl (C=O) groups excluding carboxylic acids is 1. The first kappa shape index (κ1) is 16.2. The van der Waals surface area contributed by atoms with Gasteiger partial charge in [-0.05, 0) is 46.4 Å². The maximum absolute atomic E-state index is 12.0. The van der Waals surface area contributed by atoms with Gasteiger partial charge in [-0.15, -0.1) is 0 Å². The summed E-state index contributed by atoms with van der Waals surface area (Å²) >= 11 is 1.63. The third-order valence-corrected chi connectivity index (χ3v) is 3.90. The predicted molar refractivity (Wildman–Crippen MR) is 85.2 cm³/mol. The van der Waals surface area contributed by atoms with Gasteiger partial charge in [0.2, 0.25) is 0 Å². The number of hydrogen-bond donors (Lipinski definition) is 0. The summed E-state index contributed by atoms with van der Waals surface area (Å²) in [6, 6.07) is 7.55. The molecule has 2 rings (SSSR count). The van der Waals surface area contributed by atoms with Crippen molar-refractivity contribution in [1.82, 2.24) is 0 Å². The van der Waals surface area contributed by atoms with Gasteiger partial charge in [0, 0.05) is 12.1 Å². The Morgan fingerprint density at radius 1 is 1.27 bits per heavy atom. The lowest BCUT2D eigenvalue weighted by Gasteiger charge is -2.22. The molecule has 0 N–H and O–H groups in total. The third-order valence-electron chi connectivity index (χ3n) is 3.16. The Balaban J connectivity index is 1.92. The van der Waals surface area contributed by atoms with Crippen molar-refractivity contribution in [3.63, 3.8) is 0 Å². The zero-order chi connectivity index (χ0) is 16.2. The van der Waals surface area contributed by atoms with Crippen LogP contribution in [0.5, 0.6) is 5.75 Å². The maximum atomic E-state index is 12.0. The molecule has 2 aromatic rings. The number of esters is 1. The van der Waals surface area contributed by atoms with Gasteiger partial charge >= 0.3 is 5.97 Å². The molecule has 0 amide bonds. The maximum Gasteiger partial charge on any atom is 0.311 e. The van der Waals surface area contributed by atoms with E-state index in [2.05, 4.69) is 5.38 Å². The van der Waals surface area contributed by atoms with Gasteiger partial charge < -0.3 is 4.74 Å². The summed E-state index contributed by atoms with van der Waals surface area (Å²) in [6.45, 7) is 4.03. The topological polar surface area (TPSA) is 69.4 Å². The minimum atomic E-state index is -0.491. The van der Waals surface area contributed by atoms with Crippen LogP contribution < -0.4 is 4.74 Å². The number of thiophene rings is 1. The summed E-state index contributed by atoms with van der Waals surface area (Å²) in [6.07, 6.45) is 1.08. The Kier molecular flexibility index (Phi) is 4.92. The summed E-state index contributed by atoms with van der Waals surface area (Å²) in [5.41, 5.74) is 0.967. The van der Waals surface area contributed by atoms with Crippen LogP contribution in [0.15, 0.2) is 41.1 Å². The fourth-order valence-corrected chi connectivity index (χ4v) is 2.87. The summed E-state index contributed by atoms with van der Waals surface area (Å²) in [4.78, 5) is 22.1. The van der Waals surface area contributed by atoms with Gasteiger partial charge in [0.25, 0.3) is 5.69 Å². The molecule has 5 nitrogen and oxygen atoms in total. The van der Waals surface area contributed by atoms with Crippen molar-refractivity contribution in [3.05, 3.63) is 56.8 Å². The normalized spacial score (nSPS) is 11.2. The van der Waals surface area contributed by atoms with E-state index in [9.17, 15) is 14.9 Å². The van der Waals surface area contributed by atoms with Crippen LogP contribution in [-0.4, -0.2) is 10.9 Å². The van der Waals surface area contributed by atoms with Crippen LogP contribution in [0, 0.1) is 15.5 Å². The molecule has 0 fully saturated rings. The van der Waals surface area contributed by atoms with Crippen LogP contribution in [0.3, 0.4) is 0 Å². The smallest absolute Gasteiger partial charge is 0.311 e. The largest absolute Gasteiger partial charge is 0.427 e. The standard InChI is InChI=1S/C16H17NO4S/c1-16(2,9-12-7-8-22-11-12)10-15(18)21-14-5-3-13(4-6-14)17(19)20/h3-8,11H,9-10H2,1-2H3. The average molecular weight is 319 g/mol. The van der Waals surface area contributed by atoms with Crippen molar-refractivity contribution in [1.29, 1.82) is 0 Å². The number of nitro groups is 1. The predicted octanol–water partition coefficient (Wildman–Crippen LogP) is 4.22. The Morgan fingerprint density at radius 2 is 1.95 bits per heavy atom. The first-order valence-corrected chi connectivity index (χ1v) is 7.76. The van der Waals surface area contributed by atoms with Gasteiger partial charge in [0.15, 0.2) is 0 Å². The van der Waals surface area contributed by atoms with Crippen molar-refractivity contribution in [2.24, 2.45) is 5.41 Å². The molecule has 0 bridgehead atoms. The zero-order valence-electron chi connectivity index (χ0n) is 12.4. The van der Waals surface area contributed by atoms with E-state index in [1.807, 2.05) is 25.3 Å². The molecule has 0 radical (unpaired) electrons. The number of hydrogen-bond acceptors (Lipinski definition) is 5. The molecular weight excluding hydrogens is 302 g/mol. The van der Waals surface area contributed by atoms with E-state index in [1.165, 1.54) is 29.8 Å². The van der Waals surface area contributed by atoms with Gasteiger partial charge in [-0.2, -0.15) is 11.3 Å². The minimum Gasteiger partial charge on any atom is -0.427 e. The SMILES string of the molecule is CC(C)(CC(=O)Oc1ccc([N+](=O)[O-])cc1)Cc1ccsc1. The average Bonchev–Trinajstić information content (AvgIpc) is 2.90. The highest BCUT2D eigenvalue weighted by molar-refractivity contribution is 7.07. The van der Waals surface area contributed by atoms with Crippen LogP contribution in [0.1, 0.15) is 25.8 Å². The fourth-order valence-electron chi connectivity index (χ4n) is 2.20. The summed E-state index contributed by atoms with van der Waals surface area (Å²) in [5.74, 6) is -0.0176. The first-order chi connectivity index (χ1) is 10.4. The second kappa shape index (κ2) is 6.70. The lowest BCUT2D eigenvalue weighted by Crippen LogP contribution is -2.22. The Bertz CT molecular complexity index is 647. The highest BCUT2D eigenvalue weighted by Crippen LogP contribution is 2.28. The number of rotatable bonds is 6. The number of nitrogens with zero attached hydrogens (tertiary/aromatic N) is 1. The van der Waals surface area contributed by atoms with Crippen molar-refractivity contribution in [3.8, 4) is 5.75 Å². The molecule has 0 spiro atoms. The fraction of sp³-hybridized carbons (Fsp3) is 0.312. The molecule has 1 aromatic heterocycles. The molecule has 0 aliphatic heterocycles. The quantitative estimate of drug-likeness (QED) is 0.346. The van der Waals surface area contributed by atoms with E-state index in [0.717, 1.165) is 6.42 Å². The number of nitro benzene ring substituents is 1. The summed E-state index contributed by atoms with van der Waals surface area (Å²) in [5, 5.41) is 14.7. The number of ether oxygens (including phenoxy) is 1. The van der Waals surface area contributed by atoms with E-state index in [4.69, 9.17) is 4.74 Å². The van der Waals surface area contributed by atoms with Gasteiger partial charge in [-0.3, -0.25) is 14.9 Å². The minimum absolute atomic E-state index is 0.0300. The molecular formula is C16H17NO4S. The highest BCUT2D eigenvalue weighted by Gasteiger charge is 2.24. The van der Waals surface area contributed by atoms with Crippen molar-refractivity contribution < 1.29 is 14.5 Å². The summed E-state index contributed by atoms with van der Waals surface area (Å²) in [7, 11) is 0. The Morgan fingerprint density at radius 3 is 2.50 bits per heavy atom. The molecule has 1 aromatic carbocycles. The van der Waals surface area contributed by atoms with E-state index in [1.54, 1.807) is 11.3 Å². The second-order valence-corrected chi connectivity index (χ2v) is 6.65. The molecule has 0 aliphatic carbocycles. The molecule has 0 aliphatic rings. The molecule has 6 heteroatoms. The number of carbonyl (C=O) groups is 1. The number of benzene rings is 1. The molecule has 0 saturated carbocycles. The molecule has 1 heterocycles. The molecule has 0 atom stereocenters. The van der Waals surface area contributed by atoms with Crippen molar-refractivity contribution >= 4 is 23.0 Å². The monoisotopic (exact) mass is 319 g/mol. The molecule has 22 heavy (non-hydrogen) atoms. The van der Waals surface area contributed by atoms with Crippen LogP contribution in [0.2, 0.25) is 0 Å². The second-order valence-electron chi connectivity index (χ2n) is 5.87. The Hall–Kier alpha value is -2.21. The highest BCUT2D eigenvalue weighted by atomic mass is 32.1. The van der Waals surface area contributed by atoms with Crippen molar-refractivity contribution in [2.45, 2.75) is 26.7 Å². The first-order valence-electron chi connectivity index (χ1n) is 6.82. The lowest BCUT2D eigenvalue weighted by molar-refractivity contribution is -0.384. The van der Waals surface area contributed by atoms with E-state index < -0.39 is 4.92 Å². The molecule has 0 saturated heterocycles.